The van der Waals surface area contributed by atoms with Crippen molar-refractivity contribution in [1.29, 1.82) is 0 Å². The van der Waals surface area contributed by atoms with Gasteiger partial charge in [-0.25, -0.2) is 35.4 Å². The summed E-state index contributed by atoms with van der Waals surface area (Å²) in [7, 11) is -4.23. The Kier molecular flexibility index (Phi) is 8.07. The van der Waals surface area contributed by atoms with Gasteiger partial charge in [0, 0.05) is 17.3 Å². The molecule has 2 aromatic carbocycles. The first-order valence-electron chi connectivity index (χ1n) is 12.9. The number of rotatable bonds is 7. The average molecular weight is 631 g/mol. The molecule has 7 nitrogen and oxygen atoms in total. The molecule has 2 bridgehead atoms. The fourth-order valence-corrected chi connectivity index (χ4v) is 8.47. The molecule has 1 aromatic heterocycles. The average Bonchev–Trinajstić information content (AvgIpc) is 3.10. The van der Waals surface area contributed by atoms with Gasteiger partial charge in [-0.2, -0.15) is 0 Å². The van der Waals surface area contributed by atoms with Crippen LogP contribution in [0.25, 0.3) is 0 Å². The van der Waals surface area contributed by atoms with Crippen molar-refractivity contribution in [3.63, 3.8) is 0 Å². The number of alkyl halides is 2. The second-order valence-corrected chi connectivity index (χ2v) is 13.1. The van der Waals surface area contributed by atoms with Gasteiger partial charge in [0.2, 0.25) is 0 Å². The van der Waals surface area contributed by atoms with E-state index in [1.54, 1.807) is 0 Å². The zero-order valence-electron chi connectivity index (χ0n) is 21.6. The molecular weight excluding hydrogens is 607 g/mol. The first-order chi connectivity index (χ1) is 19.7. The molecule has 5 rings (SSSR count). The molecule has 0 radical (unpaired) electrons. The number of carbonyl (C=O) groups is 1. The summed E-state index contributed by atoms with van der Waals surface area (Å²) in [6, 6.07) is 7.72. The van der Waals surface area contributed by atoms with Crippen LogP contribution in [0.4, 0.5) is 27.6 Å². The van der Waals surface area contributed by atoms with Crippen molar-refractivity contribution >= 4 is 33.0 Å². The molecule has 14 heteroatoms. The highest BCUT2D eigenvalue weighted by Gasteiger charge is 2.60. The van der Waals surface area contributed by atoms with E-state index in [-0.39, 0.29) is 46.9 Å². The molecule has 0 spiro atoms. The van der Waals surface area contributed by atoms with Crippen molar-refractivity contribution in [2.75, 3.05) is 5.32 Å². The fourth-order valence-electron chi connectivity index (χ4n) is 6.07. The van der Waals surface area contributed by atoms with Crippen LogP contribution in [0.1, 0.15) is 60.0 Å². The Bertz CT molecular complexity index is 1640. The summed E-state index contributed by atoms with van der Waals surface area (Å²) in [6.45, 7) is 0. The quantitative estimate of drug-likeness (QED) is 0.286. The third-order valence-corrected chi connectivity index (χ3v) is 10.9. The highest BCUT2D eigenvalue weighted by molar-refractivity contribution is 7.92. The predicted octanol–water partition coefficient (Wildman–Crippen LogP) is 5.77. The Balaban J connectivity index is 1.40. The van der Waals surface area contributed by atoms with Crippen molar-refractivity contribution in [2.45, 2.75) is 54.0 Å². The minimum absolute atomic E-state index is 0.0648. The molecule has 2 saturated carbocycles. The third-order valence-electron chi connectivity index (χ3n) is 8.20. The Morgan fingerprint density at radius 2 is 1.62 bits per heavy atom. The van der Waals surface area contributed by atoms with Crippen LogP contribution in [0.2, 0.25) is 5.02 Å². The summed E-state index contributed by atoms with van der Waals surface area (Å²) in [4.78, 5) is 15.9. The lowest BCUT2D eigenvalue weighted by atomic mass is 9.70. The van der Waals surface area contributed by atoms with Crippen molar-refractivity contribution in [3.05, 3.63) is 88.0 Å². The zero-order chi connectivity index (χ0) is 30.6. The summed E-state index contributed by atoms with van der Waals surface area (Å²) in [6.07, 6.45) is -4.78. The van der Waals surface area contributed by atoms with Gasteiger partial charge in [-0.05, 0) is 80.0 Å². The van der Waals surface area contributed by atoms with Crippen LogP contribution >= 0.6 is 11.6 Å². The van der Waals surface area contributed by atoms with Gasteiger partial charge in [0.15, 0.2) is 21.5 Å². The lowest BCUT2D eigenvalue weighted by Crippen LogP contribution is -2.52. The lowest BCUT2D eigenvalue weighted by Gasteiger charge is -2.45. The first-order valence-corrected chi connectivity index (χ1v) is 14.8. The molecule has 1 amide bonds. The van der Waals surface area contributed by atoms with Crippen molar-refractivity contribution < 1.29 is 45.4 Å². The van der Waals surface area contributed by atoms with Crippen molar-refractivity contribution in [2.24, 2.45) is 11.8 Å². The van der Waals surface area contributed by atoms with E-state index in [1.165, 1.54) is 12.1 Å². The molecule has 1 heterocycles. The van der Waals surface area contributed by atoms with Gasteiger partial charge >= 0.3 is 0 Å². The Morgan fingerprint density at radius 1 is 0.976 bits per heavy atom. The molecule has 224 valence electrons. The summed E-state index contributed by atoms with van der Waals surface area (Å²) in [5, 5.41) is 23.7. The molecule has 0 saturated heterocycles. The van der Waals surface area contributed by atoms with Gasteiger partial charge in [0.25, 0.3) is 12.3 Å². The summed E-state index contributed by atoms with van der Waals surface area (Å²) in [5.41, 5.74) is -3.73. The lowest BCUT2D eigenvalue weighted by molar-refractivity contribution is -0.147. The number of hydrogen-bond donors (Lipinski definition) is 3. The number of aliphatic hydroxyl groups excluding tert-OH is 1. The van der Waals surface area contributed by atoms with E-state index in [9.17, 15) is 45.4 Å². The van der Waals surface area contributed by atoms with Crippen LogP contribution in [0.5, 0.6) is 0 Å². The maximum absolute atomic E-state index is 14.5. The standard InChI is InChI=1S/C28H24ClF5N2O5S/c29-18-5-1-13(27(38)35-16-4-6-19(30)21(32)12-16)9-23(18)42(40,41)17-10-14-2-3-15(11-17)28(14,39)25(37)24-20(31)7-8-22(36-24)26(33)34/h1,4-9,12,14-15,17,25-26,37,39H,2-3,10-11H2,(H,35,38)/t14?,15?,17-,25?,28-. The number of anilines is 1. The van der Waals surface area contributed by atoms with E-state index in [4.69, 9.17) is 11.6 Å². The van der Waals surface area contributed by atoms with E-state index in [1.807, 2.05) is 0 Å². The van der Waals surface area contributed by atoms with Gasteiger partial charge in [-0.3, -0.25) is 4.79 Å². The Morgan fingerprint density at radius 3 is 2.24 bits per heavy atom. The molecule has 2 aliphatic rings. The fraction of sp³-hybridized carbons (Fsp3) is 0.357. The monoisotopic (exact) mass is 630 g/mol. The van der Waals surface area contributed by atoms with E-state index in [0.717, 1.165) is 36.4 Å². The van der Waals surface area contributed by atoms with E-state index in [0.29, 0.717) is 0 Å². The van der Waals surface area contributed by atoms with Crippen LogP contribution < -0.4 is 5.32 Å². The zero-order valence-corrected chi connectivity index (χ0v) is 23.1. The first kappa shape index (κ1) is 30.3. The SMILES string of the molecule is O=C(Nc1ccc(F)c(F)c1)c1ccc(Cl)c(S(=O)(=O)[C@H]2CC3CCC(C2)[C@]3(O)C(O)c2nc(C(F)F)ccc2F)c1. The summed E-state index contributed by atoms with van der Waals surface area (Å²) < 4.78 is 95.2. The molecule has 2 aliphatic carbocycles. The number of sulfone groups is 1. The topological polar surface area (TPSA) is 117 Å². The molecule has 3 N–H and O–H groups in total. The largest absolute Gasteiger partial charge is 0.386 e. The second kappa shape index (κ2) is 11.2. The van der Waals surface area contributed by atoms with Crippen molar-refractivity contribution in [3.8, 4) is 0 Å². The van der Waals surface area contributed by atoms with Crippen molar-refractivity contribution in [1.82, 2.24) is 4.98 Å². The summed E-state index contributed by atoms with van der Waals surface area (Å²) >= 11 is 6.23. The number of benzene rings is 2. The van der Waals surface area contributed by atoms with E-state index < -0.39 is 79.8 Å². The normalized spacial score (nSPS) is 24.5. The molecule has 0 aliphatic heterocycles. The minimum Gasteiger partial charge on any atom is -0.386 e. The second-order valence-electron chi connectivity index (χ2n) is 10.5. The molecule has 2 fully saturated rings. The number of fused-ring (bicyclic) bond motifs is 2. The van der Waals surface area contributed by atoms with Crippen LogP contribution in [0.3, 0.4) is 0 Å². The highest BCUT2D eigenvalue weighted by atomic mass is 35.5. The molecule has 3 unspecified atom stereocenters. The Labute approximate surface area is 242 Å². The van der Waals surface area contributed by atoms with E-state index >= 15 is 0 Å². The minimum atomic E-state index is -4.23. The number of carbonyl (C=O) groups excluding carboxylic acids is 1. The number of pyridine rings is 1. The number of aromatic nitrogens is 1. The molecule has 42 heavy (non-hydrogen) atoms. The number of amides is 1. The van der Waals surface area contributed by atoms with Gasteiger partial charge in [0.05, 0.1) is 15.2 Å². The highest BCUT2D eigenvalue weighted by Crippen LogP contribution is 2.56. The number of halogens is 6. The van der Waals surface area contributed by atoms with Crippen LogP contribution in [-0.4, -0.2) is 40.4 Å². The Hall–Kier alpha value is -3.13. The molecular formula is C28H24ClF5N2O5S. The van der Waals surface area contributed by atoms with Gasteiger partial charge in [-0.1, -0.05) is 11.6 Å². The number of aliphatic hydroxyl groups is 2. The third kappa shape index (κ3) is 5.27. The number of hydrogen-bond acceptors (Lipinski definition) is 6. The van der Waals surface area contributed by atoms with E-state index in [2.05, 4.69) is 10.3 Å². The van der Waals surface area contributed by atoms with Gasteiger partial charge < -0.3 is 15.5 Å². The van der Waals surface area contributed by atoms with Crippen LogP contribution in [0.15, 0.2) is 53.4 Å². The maximum atomic E-state index is 14.5. The maximum Gasteiger partial charge on any atom is 0.280 e. The van der Waals surface area contributed by atoms with Gasteiger partial charge in [0.1, 0.15) is 28.9 Å². The summed E-state index contributed by atoms with van der Waals surface area (Å²) in [5.74, 6) is -5.89. The molecule has 3 aromatic rings. The smallest absolute Gasteiger partial charge is 0.280 e. The number of nitrogens with zero attached hydrogens (tertiary/aromatic N) is 1. The number of nitrogens with one attached hydrogen (secondary N) is 1. The predicted molar refractivity (Wildman–Crippen MR) is 141 cm³/mol. The molecule has 3 atom stereocenters. The van der Waals surface area contributed by atoms with Gasteiger partial charge in [-0.15, -0.1) is 0 Å². The van der Waals surface area contributed by atoms with Crippen LogP contribution in [-0.2, 0) is 9.84 Å². The van der Waals surface area contributed by atoms with Crippen LogP contribution in [0, 0.1) is 29.3 Å².